The van der Waals surface area contributed by atoms with Crippen molar-refractivity contribution in [2.24, 2.45) is 0 Å². The molecule has 1 fully saturated rings. The lowest BCUT2D eigenvalue weighted by Crippen LogP contribution is -2.52. The van der Waals surface area contributed by atoms with E-state index in [1.54, 1.807) is 5.32 Å². The summed E-state index contributed by atoms with van der Waals surface area (Å²) < 4.78 is 28.2. The van der Waals surface area contributed by atoms with Gasteiger partial charge in [0.25, 0.3) is 11.8 Å². The number of fused-ring (bicyclic) bond motifs is 3. The molecule has 4 amide bonds. The van der Waals surface area contributed by atoms with Crippen LogP contribution >= 0.6 is 0 Å². The van der Waals surface area contributed by atoms with Crippen LogP contribution in [-0.2, 0) is 22.2 Å². The Bertz CT molecular complexity index is 836. The number of alkyl halides is 2. The minimum Gasteiger partial charge on any atom is -0.322 e. The highest BCUT2D eigenvalue weighted by atomic mass is 19.3. The first-order chi connectivity index (χ1) is 11.3. The smallest absolute Gasteiger partial charge is 0.322 e. The second-order valence-electron chi connectivity index (χ2n) is 5.95. The molecule has 1 aromatic rings. The van der Waals surface area contributed by atoms with E-state index in [1.165, 1.54) is 17.0 Å². The quantitative estimate of drug-likeness (QED) is 0.568. The number of carbonyl (C=O) groups excluding carboxylic acids is 4. The average Bonchev–Trinajstić information content (AvgIpc) is 2.94. The second-order valence-corrected chi connectivity index (χ2v) is 5.95. The molecule has 0 aromatic heterocycles. The van der Waals surface area contributed by atoms with Crippen LogP contribution in [0.4, 0.5) is 8.78 Å². The largest absolute Gasteiger partial charge is 0.354 e. The maximum absolute atomic E-state index is 14.1. The predicted molar refractivity (Wildman–Crippen MR) is 73.8 cm³/mol. The summed E-state index contributed by atoms with van der Waals surface area (Å²) in [6.07, 6.45) is 0.213. The zero-order chi connectivity index (χ0) is 17.2. The van der Waals surface area contributed by atoms with Gasteiger partial charge in [0.05, 0.1) is 16.7 Å². The summed E-state index contributed by atoms with van der Waals surface area (Å²) in [6, 6.07) is -1.82. The number of benzene rings is 1. The van der Waals surface area contributed by atoms with Crippen LogP contribution in [-0.4, -0.2) is 34.6 Å². The van der Waals surface area contributed by atoms with Gasteiger partial charge in [-0.15, -0.1) is 0 Å². The van der Waals surface area contributed by atoms with Gasteiger partial charge in [0.15, 0.2) is 0 Å². The van der Waals surface area contributed by atoms with Crippen molar-refractivity contribution >= 4 is 23.6 Å². The van der Waals surface area contributed by atoms with Crippen LogP contribution in [0.2, 0.25) is 0 Å². The molecule has 0 bridgehead atoms. The Labute approximate surface area is 134 Å². The summed E-state index contributed by atoms with van der Waals surface area (Å²) in [5.74, 6) is -2.72. The summed E-state index contributed by atoms with van der Waals surface area (Å²) in [5, 5.41) is 3.69. The minimum absolute atomic E-state index is 0.0159. The molecule has 2 N–H and O–H groups in total. The van der Waals surface area contributed by atoms with E-state index in [2.05, 4.69) is 5.32 Å². The molecule has 124 valence electrons. The molecule has 3 heterocycles. The lowest BCUT2D eigenvalue weighted by atomic mass is 9.98. The molecule has 24 heavy (non-hydrogen) atoms. The van der Waals surface area contributed by atoms with Crippen molar-refractivity contribution in [1.82, 2.24) is 15.5 Å². The minimum atomic E-state index is -3.63. The first-order valence-corrected chi connectivity index (χ1v) is 7.31. The van der Waals surface area contributed by atoms with Crippen molar-refractivity contribution in [3.8, 4) is 0 Å². The third-order valence-corrected chi connectivity index (χ3v) is 4.52. The fraction of sp³-hybridized carbons (Fsp3) is 0.333. The molecular formula is C15H11F2N3O4. The van der Waals surface area contributed by atoms with Crippen LogP contribution in [0.25, 0.3) is 0 Å². The molecule has 3 aliphatic rings. The van der Waals surface area contributed by atoms with Gasteiger partial charge >= 0.3 is 6.05 Å². The fourth-order valence-electron chi connectivity index (χ4n) is 3.44. The van der Waals surface area contributed by atoms with Crippen LogP contribution in [0.3, 0.4) is 0 Å². The highest BCUT2D eigenvalue weighted by Crippen LogP contribution is 2.41. The summed E-state index contributed by atoms with van der Waals surface area (Å²) in [7, 11) is 0. The molecule has 0 spiro atoms. The van der Waals surface area contributed by atoms with E-state index in [4.69, 9.17) is 0 Å². The first-order valence-electron chi connectivity index (χ1n) is 7.31. The van der Waals surface area contributed by atoms with Crippen molar-refractivity contribution in [2.75, 3.05) is 0 Å². The molecule has 0 saturated carbocycles. The number of hydrogen-bond donors (Lipinski definition) is 2. The van der Waals surface area contributed by atoms with Crippen LogP contribution < -0.4 is 10.6 Å². The van der Waals surface area contributed by atoms with Gasteiger partial charge in [0, 0.05) is 13.0 Å². The number of nitrogens with one attached hydrogen (secondary N) is 2. The fourth-order valence-corrected chi connectivity index (χ4v) is 3.44. The topological polar surface area (TPSA) is 95.6 Å². The highest BCUT2D eigenvalue weighted by Gasteiger charge is 2.51. The molecule has 4 rings (SSSR count). The van der Waals surface area contributed by atoms with Crippen molar-refractivity contribution < 1.29 is 28.0 Å². The summed E-state index contributed by atoms with van der Waals surface area (Å²) >= 11 is 0. The number of piperidine rings is 1. The number of halogens is 2. The number of carbonyl (C=O) groups is 4. The van der Waals surface area contributed by atoms with Crippen molar-refractivity contribution in [3.63, 3.8) is 0 Å². The number of rotatable bonds is 1. The molecule has 1 atom stereocenters. The number of imide groups is 1. The standard InChI is InChI=1S/C15H11F2N3O4/c16-15(17)11-7(12(22)19-15)2-1-6-5-20(14(24)10(6)11)8-3-4-9(21)18-13(8)23/h1-2,8H,3-5H2,(H,19,22)(H,18,21,23). The van der Waals surface area contributed by atoms with Gasteiger partial charge in [0.2, 0.25) is 11.8 Å². The molecule has 9 heteroatoms. The second kappa shape index (κ2) is 4.59. The lowest BCUT2D eigenvalue weighted by Gasteiger charge is -2.29. The van der Waals surface area contributed by atoms with Gasteiger partial charge < -0.3 is 4.90 Å². The van der Waals surface area contributed by atoms with Crippen LogP contribution in [0.15, 0.2) is 12.1 Å². The van der Waals surface area contributed by atoms with Crippen LogP contribution in [0.1, 0.15) is 44.7 Å². The normalized spacial score (nSPS) is 24.6. The third-order valence-electron chi connectivity index (χ3n) is 4.52. The van der Waals surface area contributed by atoms with E-state index >= 15 is 0 Å². The van der Waals surface area contributed by atoms with E-state index in [0.29, 0.717) is 5.56 Å². The SMILES string of the molecule is O=C1CCC(N2Cc3ccc4c(c3C2=O)C(F)(F)NC4=O)C(=O)N1. The average molecular weight is 335 g/mol. The summed E-state index contributed by atoms with van der Waals surface area (Å²) in [5.41, 5.74) is -0.776. The Morgan fingerprint density at radius 2 is 1.92 bits per heavy atom. The maximum Gasteiger partial charge on any atom is 0.354 e. The number of hydrogen-bond acceptors (Lipinski definition) is 4. The number of amides is 4. The van der Waals surface area contributed by atoms with Crippen LogP contribution in [0, 0.1) is 0 Å². The van der Waals surface area contributed by atoms with Gasteiger partial charge in [-0.3, -0.25) is 29.8 Å². The van der Waals surface area contributed by atoms with E-state index < -0.39 is 41.3 Å². The molecule has 7 nitrogen and oxygen atoms in total. The van der Waals surface area contributed by atoms with Gasteiger partial charge in [-0.05, 0) is 18.1 Å². The van der Waals surface area contributed by atoms with Gasteiger partial charge in [-0.25, -0.2) is 0 Å². The molecule has 0 aliphatic carbocycles. The van der Waals surface area contributed by atoms with E-state index in [1.807, 2.05) is 0 Å². The zero-order valence-electron chi connectivity index (χ0n) is 12.2. The van der Waals surface area contributed by atoms with E-state index in [9.17, 15) is 28.0 Å². The Morgan fingerprint density at radius 1 is 1.17 bits per heavy atom. The molecule has 1 unspecified atom stereocenters. The first kappa shape index (κ1) is 14.7. The molecule has 1 saturated heterocycles. The van der Waals surface area contributed by atoms with Crippen LogP contribution in [0.5, 0.6) is 0 Å². The predicted octanol–water partition coefficient (Wildman–Crippen LogP) is 0.240. The Morgan fingerprint density at radius 3 is 2.62 bits per heavy atom. The van der Waals surface area contributed by atoms with Crippen molar-refractivity contribution in [3.05, 3.63) is 34.4 Å². The van der Waals surface area contributed by atoms with E-state index in [-0.39, 0.29) is 30.5 Å². The van der Waals surface area contributed by atoms with Crippen molar-refractivity contribution in [1.29, 1.82) is 0 Å². The molecular weight excluding hydrogens is 324 g/mol. The third kappa shape index (κ3) is 1.87. The molecule has 0 radical (unpaired) electrons. The van der Waals surface area contributed by atoms with Gasteiger partial charge in [0.1, 0.15) is 6.04 Å². The lowest BCUT2D eigenvalue weighted by molar-refractivity contribution is -0.136. The Kier molecular flexibility index (Phi) is 2.82. The molecule has 3 aliphatic heterocycles. The summed E-state index contributed by atoms with van der Waals surface area (Å²) in [6.45, 7) is -0.0159. The van der Waals surface area contributed by atoms with E-state index in [0.717, 1.165) is 0 Å². The summed E-state index contributed by atoms with van der Waals surface area (Å²) in [4.78, 5) is 48.7. The Balaban J connectivity index is 1.76. The number of nitrogens with zero attached hydrogens (tertiary/aromatic N) is 1. The Hall–Kier alpha value is -2.84. The van der Waals surface area contributed by atoms with Gasteiger partial charge in [-0.1, -0.05) is 6.07 Å². The van der Waals surface area contributed by atoms with Gasteiger partial charge in [-0.2, -0.15) is 8.78 Å². The zero-order valence-corrected chi connectivity index (χ0v) is 12.2. The monoisotopic (exact) mass is 335 g/mol. The maximum atomic E-state index is 14.1. The van der Waals surface area contributed by atoms with Crippen molar-refractivity contribution in [2.45, 2.75) is 31.5 Å². The highest BCUT2D eigenvalue weighted by molar-refractivity contribution is 6.09. The molecule has 1 aromatic carbocycles.